The lowest BCUT2D eigenvalue weighted by Crippen LogP contribution is -2.43. The molecule has 26 heavy (non-hydrogen) atoms. The Balaban J connectivity index is 2.12. The van der Waals surface area contributed by atoms with Gasteiger partial charge in [-0.2, -0.15) is 13.2 Å². The van der Waals surface area contributed by atoms with E-state index in [0.29, 0.717) is 0 Å². The number of aliphatic carboxylic acids is 1. The molecule has 1 aliphatic heterocycles. The maximum absolute atomic E-state index is 12.8. The highest BCUT2D eigenvalue weighted by molar-refractivity contribution is 5.81. The van der Waals surface area contributed by atoms with Crippen LogP contribution >= 0.6 is 0 Å². The number of ether oxygens (including phenoxy) is 2. The quantitative estimate of drug-likeness (QED) is 0.874. The van der Waals surface area contributed by atoms with Gasteiger partial charge < -0.3 is 14.6 Å². The Bertz CT molecular complexity index is 684. The summed E-state index contributed by atoms with van der Waals surface area (Å²) in [6, 6.07) is 3.13. The summed E-state index contributed by atoms with van der Waals surface area (Å²) >= 11 is 0. The van der Waals surface area contributed by atoms with Crippen molar-refractivity contribution in [2.24, 2.45) is 0 Å². The number of nitrogens with zero attached hydrogens (tertiary/aromatic N) is 1. The fourth-order valence-electron chi connectivity index (χ4n) is 2.58. The molecule has 2 atom stereocenters. The van der Waals surface area contributed by atoms with Gasteiger partial charge in [-0.1, -0.05) is 6.07 Å². The van der Waals surface area contributed by atoms with Gasteiger partial charge in [0.1, 0.15) is 23.5 Å². The highest BCUT2D eigenvalue weighted by Gasteiger charge is 2.42. The van der Waals surface area contributed by atoms with E-state index >= 15 is 0 Å². The second kappa shape index (κ2) is 7.05. The molecule has 2 rings (SSSR count). The summed E-state index contributed by atoms with van der Waals surface area (Å²) in [5, 5.41) is 9.31. The largest absolute Gasteiger partial charge is 0.488 e. The molecule has 9 heteroatoms. The van der Waals surface area contributed by atoms with Crippen molar-refractivity contribution in [1.82, 2.24) is 4.90 Å². The third-order valence-corrected chi connectivity index (χ3v) is 3.64. The molecule has 1 heterocycles. The van der Waals surface area contributed by atoms with Gasteiger partial charge in [0.25, 0.3) is 0 Å². The Morgan fingerprint density at radius 2 is 1.88 bits per heavy atom. The molecule has 0 aliphatic carbocycles. The van der Waals surface area contributed by atoms with Gasteiger partial charge in [0.05, 0.1) is 12.1 Å². The maximum atomic E-state index is 12.8. The minimum Gasteiger partial charge on any atom is -0.488 e. The number of rotatable bonds is 3. The fourth-order valence-corrected chi connectivity index (χ4v) is 2.58. The van der Waals surface area contributed by atoms with E-state index in [1.165, 1.54) is 12.1 Å². The van der Waals surface area contributed by atoms with Crippen LogP contribution in [-0.4, -0.2) is 46.4 Å². The van der Waals surface area contributed by atoms with Crippen molar-refractivity contribution in [3.8, 4) is 5.75 Å². The Hall–Kier alpha value is -2.45. The predicted octanol–water partition coefficient (Wildman–Crippen LogP) is 3.55. The van der Waals surface area contributed by atoms with E-state index in [1.54, 1.807) is 20.8 Å². The van der Waals surface area contributed by atoms with Crippen LogP contribution in [0.15, 0.2) is 24.3 Å². The summed E-state index contributed by atoms with van der Waals surface area (Å²) < 4.78 is 49.0. The van der Waals surface area contributed by atoms with Gasteiger partial charge in [-0.25, -0.2) is 9.59 Å². The second-order valence-electron chi connectivity index (χ2n) is 6.99. The Morgan fingerprint density at radius 3 is 2.42 bits per heavy atom. The van der Waals surface area contributed by atoms with Crippen LogP contribution in [0.5, 0.6) is 5.75 Å². The minimum atomic E-state index is -4.51. The smallest absolute Gasteiger partial charge is 0.416 e. The number of alkyl halides is 3. The van der Waals surface area contributed by atoms with E-state index in [1.807, 2.05) is 0 Å². The van der Waals surface area contributed by atoms with Gasteiger partial charge in [-0.3, -0.25) is 4.90 Å². The number of benzene rings is 1. The fraction of sp³-hybridized carbons (Fsp3) is 0.529. The summed E-state index contributed by atoms with van der Waals surface area (Å²) in [7, 11) is 0. The molecule has 1 aromatic carbocycles. The first-order valence-corrected chi connectivity index (χ1v) is 7.93. The van der Waals surface area contributed by atoms with Crippen LogP contribution in [0.1, 0.15) is 32.8 Å². The van der Waals surface area contributed by atoms with Gasteiger partial charge in [0.2, 0.25) is 0 Å². The lowest BCUT2D eigenvalue weighted by Gasteiger charge is -2.26. The first-order valence-electron chi connectivity index (χ1n) is 7.93. The Labute approximate surface area is 148 Å². The van der Waals surface area contributed by atoms with Gasteiger partial charge in [0, 0.05) is 6.42 Å². The van der Waals surface area contributed by atoms with Crippen molar-refractivity contribution in [2.75, 3.05) is 6.54 Å². The average molecular weight is 375 g/mol. The Kier molecular flexibility index (Phi) is 5.39. The van der Waals surface area contributed by atoms with Crippen molar-refractivity contribution in [1.29, 1.82) is 0 Å². The monoisotopic (exact) mass is 375 g/mol. The standard InChI is InChI=1S/C17H20F3NO5/c1-16(2,3)26-15(24)21-9-12(8-13(21)14(22)23)25-11-6-4-5-10(7-11)17(18,19)20/h4-7,12-13H,8-9H2,1-3H3,(H,22,23)/t12-,13-/m0/s1. The lowest BCUT2D eigenvalue weighted by atomic mass is 10.2. The molecule has 0 aromatic heterocycles. The number of carbonyl (C=O) groups excluding carboxylic acids is 1. The highest BCUT2D eigenvalue weighted by Crippen LogP contribution is 2.32. The van der Waals surface area contributed by atoms with E-state index in [2.05, 4.69) is 0 Å². The highest BCUT2D eigenvalue weighted by atomic mass is 19.4. The van der Waals surface area contributed by atoms with Crippen LogP contribution in [-0.2, 0) is 15.7 Å². The number of likely N-dealkylation sites (tertiary alicyclic amines) is 1. The number of hydrogen-bond donors (Lipinski definition) is 1. The van der Waals surface area contributed by atoms with E-state index in [0.717, 1.165) is 17.0 Å². The first kappa shape index (κ1) is 19.9. The summed E-state index contributed by atoms with van der Waals surface area (Å²) in [4.78, 5) is 24.6. The molecule has 0 unspecified atom stereocenters. The summed E-state index contributed by atoms with van der Waals surface area (Å²) in [6.07, 6.45) is -6.13. The van der Waals surface area contributed by atoms with Gasteiger partial charge in [-0.05, 0) is 39.0 Å². The van der Waals surface area contributed by atoms with Gasteiger partial charge in [0.15, 0.2) is 0 Å². The molecular weight excluding hydrogens is 355 g/mol. The van der Waals surface area contributed by atoms with E-state index in [-0.39, 0.29) is 18.7 Å². The summed E-state index contributed by atoms with van der Waals surface area (Å²) in [5.74, 6) is -1.27. The van der Waals surface area contributed by atoms with Gasteiger partial charge in [-0.15, -0.1) is 0 Å². The number of halogens is 3. The van der Waals surface area contributed by atoms with E-state index < -0.39 is 41.5 Å². The summed E-state index contributed by atoms with van der Waals surface area (Å²) in [5.41, 5.74) is -1.67. The van der Waals surface area contributed by atoms with E-state index in [9.17, 15) is 27.9 Å². The molecule has 6 nitrogen and oxygen atoms in total. The average Bonchev–Trinajstić information content (AvgIpc) is 2.89. The molecule has 0 radical (unpaired) electrons. The molecule has 1 saturated heterocycles. The molecule has 1 fully saturated rings. The number of carbonyl (C=O) groups is 2. The molecular formula is C17H20F3NO5. The number of carboxylic acids is 1. The van der Waals surface area contributed by atoms with Crippen LogP contribution in [0, 0.1) is 0 Å². The van der Waals surface area contributed by atoms with Crippen molar-refractivity contribution >= 4 is 12.1 Å². The zero-order valence-electron chi connectivity index (χ0n) is 14.5. The van der Waals surface area contributed by atoms with Crippen LogP contribution in [0.2, 0.25) is 0 Å². The number of amides is 1. The van der Waals surface area contributed by atoms with Gasteiger partial charge >= 0.3 is 18.2 Å². The Morgan fingerprint density at radius 1 is 1.23 bits per heavy atom. The zero-order valence-corrected chi connectivity index (χ0v) is 14.5. The molecule has 1 N–H and O–H groups in total. The second-order valence-corrected chi connectivity index (χ2v) is 6.99. The third kappa shape index (κ3) is 5.03. The van der Waals surface area contributed by atoms with Crippen LogP contribution < -0.4 is 4.74 Å². The SMILES string of the molecule is CC(C)(C)OC(=O)N1C[C@@H](Oc2cccc(C(F)(F)F)c2)C[C@H]1C(=O)O. The van der Waals surface area contributed by atoms with Crippen LogP contribution in [0.3, 0.4) is 0 Å². The molecule has 144 valence electrons. The van der Waals surface area contributed by atoms with Crippen molar-refractivity contribution < 1.29 is 37.3 Å². The molecule has 0 saturated carbocycles. The van der Waals surface area contributed by atoms with E-state index in [4.69, 9.17) is 9.47 Å². The molecule has 1 amide bonds. The maximum Gasteiger partial charge on any atom is 0.416 e. The third-order valence-electron chi connectivity index (χ3n) is 3.64. The predicted molar refractivity (Wildman–Crippen MR) is 84.8 cm³/mol. The number of carboxylic acid groups (broad SMARTS) is 1. The molecule has 0 spiro atoms. The number of hydrogen-bond acceptors (Lipinski definition) is 4. The van der Waals surface area contributed by atoms with Crippen molar-refractivity contribution in [2.45, 2.75) is 51.1 Å². The molecule has 1 aliphatic rings. The lowest BCUT2D eigenvalue weighted by molar-refractivity contribution is -0.142. The molecule has 1 aromatic rings. The topological polar surface area (TPSA) is 76.1 Å². The van der Waals surface area contributed by atoms with Crippen molar-refractivity contribution in [3.05, 3.63) is 29.8 Å². The zero-order chi connectivity index (χ0) is 19.7. The van der Waals surface area contributed by atoms with Crippen LogP contribution in [0.4, 0.5) is 18.0 Å². The van der Waals surface area contributed by atoms with Crippen LogP contribution in [0.25, 0.3) is 0 Å². The summed E-state index contributed by atoms with van der Waals surface area (Å²) in [6.45, 7) is 4.84. The minimum absolute atomic E-state index is 0.0417. The van der Waals surface area contributed by atoms with Crippen molar-refractivity contribution in [3.63, 3.8) is 0 Å². The normalized spacial score (nSPS) is 20.8. The first-order chi connectivity index (χ1) is 11.9. The molecule has 0 bridgehead atoms.